The van der Waals surface area contributed by atoms with Gasteiger partial charge in [0.1, 0.15) is 24.7 Å². The Morgan fingerprint density at radius 1 is 0.979 bits per heavy atom. The number of aliphatic hydroxyl groups excluding tert-OH is 1. The van der Waals surface area contributed by atoms with E-state index in [2.05, 4.69) is 41.4 Å². The van der Waals surface area contributed by atoms with Gasteiger partial charge in [0.2, 0.25) is 5.13 Å². The quantitative estimate of drug-likeness (QED) is 0.0403. The van der Waals surface area contributed by atoms with Crippen molar-refractivity contribution < 1.29 is 28.9 Å². The van der Waals surface area contributed by atoms with Gasteiger partial charge in [-0.3, -0.25) is 14.5 Å². The number of amides is 1. The number of aromatic nitrogens is 2. The van der Waals surface area contributed by atoms with E-state index in [9.17, 15) is 14.7 Å². The number of ketones is 1. The molecule has 1 atom stereocenters. The summed E-state index contributed by atoms with van der Waals surface area (Å²) in [6.45, 7) is 3.40. The molecule has 7 rings (SSSR count). The van der Waals surface area contributed by atoms with Gasteiger partial charge in [0, 0.05) is 11.3 Å². The molecular formula is C36H31N3O6S2. The summed E-state index contributed by atoms with van der Waals surface area (Å²) in [5.74, 6) is 0.315. The molecule has 9 nitrogen and oxygen atoms in total. The average Bonchev–Trinajstić information content (AvgIpc) is 3.68. The van der Waals surface area contributed by atoms with Crippen LogP contribution in [-0.2, 0) is 15.3 Å². The molecular weight excluding hydrogens is 635 g/mol. The van der Waals surface area contributed by atoms with Crippen molar-refractivity contribution in [2.45, 2.75) is 35.9 Å². The Morgan fingerprint density at radius 3 is 2.66 bits per heavy atom. The Morgan fingerprint density at radius 2 is 1.79 bits per heavy atom. The van der Waals surface area contributed by atoms with E-state index >= 15 is 0 Å². The first-order valence-electron chi connectivity index (χ1n) is 15.4. The van der Waals surface area contributed by atoms with Crippen molar-refractivity contribution in [2.24, 2.45) is 0 Å². The normalized spacial score (nSPS) is 17.0. The summed E-state index contributed by atoms with van der Waals surface area (Å²) in [5.41, 5.74) is 2.02. The molecule has 5 aromatic rings. The van der Waals surface area contributed by atoms with Crippen molar-refractivity contribution in [2.75, 3.05) is 24.7 Å². The molecule has 1 fully saturated rings. The Balaban J connectivity index is 1.25. The van der Waals surface area contributed by atoms with Crippen LogP contribution in [0.1, 0.15) is 42.5 Å². The lowest BCUT2D eigenvalue weighted by atomic mass is 9.95. The van der Waals surface area contributed by atoms with Crippen LogP contribution in [0.3, 0.4) is 0 Å². The number of aliphatic hydroxyl groups is 1. The van der Waals surface area contributed by atoms with Crippen molar-refractivity contribution in [3.05, 3.63) is 107 Å². The zero-order valence-corrected chi connectivity index (χ0v) is 27.2. The molecule has 1 saturated heterocycles. The fraction of sp³-hybridized carbons (Fsp3) is 0.222. The molecule has 4 aromatic carbocycles. The lowest BCUT2D eigenvalue weighted by Gasteiger charge is -2.23. The molecule has 2 aliphatic rings. The van der Waals surface area contributed by atoms with Crippen LogP contribution in [0.4, 0.5) is 5.13 Å². The summed E-state index contributed by atoms with van der Waals surface area (Å²) >= 11 is 2.74. The highest BCUT2D eigenvalue weighted by Crippen LogP contribution is 2.45. The number of anilines is 1. The zero-order chi connectivity index (χ0) is 32.3. The second kappa shape index (κ2) is 13.5. The third-order valence-electron chi connectivity index (χ3n) is 8.03. The standard InChI is InChI=1S/C36H31N3O6S2/c1-2-3-16-43-26-12-7-10-23(19-26)31-30(32(40)24-14-15-28-29(20-24)45-18-17-44-28)33(41)34(42)39(31)35-37-38-36(47-35)46-21-25-11-6-9-22-8-4-5-13-27(22)25/h4-15,19-20,31,40H,2-3,16-18,21H2,1H3/t31-/m0/s1. The summed E-state index contributed by atoms with van der Waals surface area (Å²) in [6, 6.07) is 25.6. The number of Topliss-reactive ketones (excluding diaryl/α,β-unsaturated/α-hetero) is 1. The summed E-state index contributed by atoms with van der Waals surface area (Å²) in [6.07, 6.45) is 1.87. The molecule has 1 amide bonds. The molecule has 0 saturated carbocycles. The molecule has 238 valence electrons. The highest BCUT2D eigenvalue weighted by Gasteiger charge is 2.48. The minimum atomic E-state index is -0.971. The molecule has 0 radical (unpaired) electrons. The van der Waals surface area contributed by atoms with Gasteiger partial charge in [-0.2, -0.15) is 0 Å². The first-order valence-corrected chi connectivity index (χ1v) is 17.2. The number of ether oxygens (including phenoxy) is 3. The van der Waals surface area contributed by atoms with Gasteiger partial charge >= 0.3 is 5.91 Å². The highest BCUT2D eigenvalue weighted by molar-refractivity contribution is 8.00. The van der Waals surface area contributed by atoms with Crippen molar-refractivity contribution in [3.63, 3.8) is 0 Å². The molecule has 1 N–H and O–H groups in total. The molecule has 2 aliphatic heterocycles. The van der Waals surface area contributed by atoms with Gasteiger partial charge in [-0.05, 0) is 58.7 Å². The smallest absolute Gasteiger partial charge is 0.301 e. The van der Waals surface area contributed by atoms with E-state index in [-0.39, 0.29) is 16.5 Å². The van der Waals surface area contributed by atoms with Gasteiger partial charge in [-0.1, -0.05) is 91.0 Å². The maximum absolute atomic E-state index is 13.8. The molecule has 0 spiro atoms. The van der Waals surface area contributed by atoms with Gasteiger partial charge in [-0.25, -0.2) is 0 Å². The lowest BCUT2D eigenvalue weighted by molar-refractivity contribution is -0.132. The van der Waals surface area contributed by atoms with Crippen LogP contribution in [0.15, 0.2) is 94.8 Å². The van der Waals surface area contributed by atoms with E-state index in [0.29, 0.717) is 58.3 Å². The van der Waals surface area contributed by atoms with Gasteiger partial charge in [0.25, 0.3) is 5.78 Å². The molecule has 47 heavy (non-hydrogen) atoms. The van der Waals surface area contributed by atoms with Gasteiger partial charge in [0.05, 0.1) is 18.2 Å². The number of nitrogens with zero attached hydrogens (tertiary/aromatic N) is 3. The van der Waals surface area contributed by atoms with Gasteiger partial charge in [0.15, 0.2) is 15.8 Å². The summed E-state index contributed by atoms with van der Waals surface area (Å²) in [5, 5.41) is 23.0. The van der Waals surface area contributed by atoms with E-state index in [1.807, 2.05) is 36.4 Å². The fourth-order valence-corrected chi connectivity index (χ4v) is 7.59. The molecule has 0 unspecified atom stereocenters. The Bertz CT molecular complexity index is 2000. The van der Waals surface area contributed by atoms with Gasteiger partial charge in [-0.15, -0.1) is 10.2 Å². The van der Waals surface area contributed by atoms with Crippen LogP contribution >= 0.6 is 23.1 Å². The third kappa shape index (κ3) is 6.16. The number of rotatable bonds is 10. The van der Waals surface area contributed by atoms with Crippen molar-refractivity contribution in [1.82, 2.24) is 10.2 Å². The number of hydrogen-bond acceptors (Lipinski definition) is 10. The average molecular weight is 666 g/mol. The van der Waals surface area contributed by atoms with Crippen molar-refractivity contribution in [3.8, 4) is 17.2 Å². The number of unbranched alkanes of at least 4 members (excludes halogenated alkanes) is 1. The molecule has 1 aromatic heterocycles. The van der Waals surface area contributed by atoms with Crippen LogP contribution in [0.2, 0.25) is 0 Å². The highest BCUT2D eigenvalue weighted by atomic mass is 32.2. The second-order valence-corrected chi connectivity index (χ2v) is 13.3. The molecule has 0 aliphatic carbocycles. The number of carbonyl (C=O) groups is 2. The molecule has 3 heterocycles. The first kappa shape index (κ1) is 30.8. The van der Waals surface area contributed by atoms with E-state index in [1.165, 1.54) is 28.0 Å². The lowest BCUT2D eigenvalue weighted by Crippen LogP contribution is -2.29. The van der Waals surface area contributed by atoms with E-state index < -0.39 is 17.7 Å². The topological polar surface area (TPSA) is 111 Å². The number of benzene rings is 4. The minimum Gasteiger partial charge on any atom is -0.507 e. The van der Waals surface area contributed by atoms with Crippen LogP contribution in [0, 0.1) is 0 Å². The minimum absolute atomic E-state index is 0.0578. The Kier molecular flexibility index (Phi) is 8.82. The predicted molar refractivity (Wildman–Crippen MR) is 182 cm³/mol. The van der Waals surface area contributed by atoms with E-state index in [1.54, 1.807) is 24.3 Å². The molecule has 11 heteroatoms. The molecule has 0 bridgehead atoms. The largest absolute Gasteiger partial charge is 0.507 e. The Hall–Kier alpha value is -4.87. The number of carbonyl (C=O) groups excluding carboxylic acids is 2. The number of hydrogen-bond donors (Lipinski definition) is 1. The monoisotopic (exact) mass is 665 g/mol. The number of fused-ring (bicyclic) bond motifs is 2. The maximum Gasteiger partial charge on any atom is 0.301 e. The van der Waals surface area contributed by atoms with Crippen LogP contribution in [0.5, 0.6) is 17.2 Å². The fourth-order valence-electron chi connectivity index (χ4n) is 5.72. The first-order chi connectivity index (χ1) is 23.0. The van der Waals surface area contributed by atoms with Crippen LogP contribution < -0.4 is 19.1 Å². The Labute approximate surface area is 279 Å². The maximum atomic E-state index is 13.8. The van der Waals surface area contributed by atoms with Crippen molar-refractivity contribution >= 4 is 56.5 Å². The SMILES string of the molecule is CCCCOc1cccc([C@H]2C(=C(O)c3ccc4c(c3)OCCO4)C(=O)C(=O)N2c2nnc(SCc3cccc4ccccc34)s2)c1. The predicted octanol–water partition coefficient (Wildman–Crippen LogP) is 7.56. The zero-order valence-electron chi connectivity index (χ0n) is 25.5. The summed E-state index contributed by atoms with van der Waals surface area (Å²) in [4.78, 5) is 28.9. The van der Waals surface area contributed by atoms with E-state index in [4.69, 9.17) is 14.2 Å². The second-order valence-electron chi connectivity index (χ2n) is 11.1. The van der Waals surface area contributed by atoms with Crippen molar-refractivity contribution in [1.29, 1.82) is 0 Å². The van der Waals surface area contributed by atoms with Gasteiger partial charge < -0.3 is 19.3 Å². The van der Waals surface area contributed by atoms with Crippen LogP contribution in [-0.4, -0.2) is 46.8 Å². The number of thioether (sulfide) groups is 1. The van der Waals surface area contributed by atoms with Crippen LogP contribution in [0.25, 0.3) is 16.5 Å². The summed E-state index contributed by atoms with van der Waals surface area (Å²) in [7, 11) is 0. The third-order valence-corrected chi connectivity index (χ3v) is 10.1. The van der Waals surface area contributed by atoms with E-state index in [0.717, 1.165) is 29.2 Å². The summed E-state index contributed by atoms with van der Waals surface area (Å²) < 4.78 is 18.0.